The summed E-state index contributed by atoms with van der Waals surface area (Å²) < 4.78 is 0. The van der Waals surface area contributed by atoms with Gasteiger partial charge in [-0.2, -0.15) is 0 Å². The molecule has 4 heteroatoms. The fourth-order valence-corrected chi connectivity index (χ4v) is 1.15. The highest BCUT2D eigenvalue weighted by molar-refractivity contribution is 5.80. The first-order valence-corrected chi connectivity index (χ1v) is 5.30. The summed E-state index contributed by atoms with van der Waals surface area (Å²) in [7, 11) is 3.38. The van der Waals surface area contributed by atoms with Crippen LogP contribution in [0.1, 0.15) is 26.2 Å². The molecule has 1 atom stereocenters. The molecule has 0 fully saturated rings. The molecule has 0 saturated heterocycles. The normalized spacial score (nSPS) is 12.0. The van der Waals surface area contributed by atoms with Crippen molar-refractivity contribution in [3.05, 3.63) is 6.92 Å². The number of nitrogens with one attached hydrogen (secondary N) is 1. The summed E-state index contributed by atoms with van der Waals surface area (Å²) in [6.07, 6.45) is 1.80. The molecule has 0 aliphatic carbocycles. The predicted molar refractivity (Wildman–Crippen MR) is 60.1 cm³/mol. The minimum Gasteiger partial charge on any atom is -0.356 e. The van der Waals surface area contributed by atoms with E-state index in [0.717, 1.165) is 6.42 Å². The van der Waals surface area contributed by atoms with E-state index in [4.69, 9.17) is 0 Å². The molecular formula is C11H21N2O2. The van der Waals surface area contributed by atoms with Gasteiger partial charge in [-0.1, -0.05) is 6.92 Å². The van der Waals surface area contributed by atoms with Crippen LogP contribution in [0.25, 0.3) is 0 Å². The zero-order valence-corrected chi connectivity index (χ0v) is 9.88. The molecule has 0 bridgehead atoms. The molecular weight excluding hydrogens is 192 g/mol. The third kappa shape index (κ3) is 6.10. The van der Waals surface area contributed by atoms with E-state index < -0.39 is 0 Å². The molecule has 0 aromatic rings. The number of nitrogens with zero attached hydrogens (tertiary/aromatic N) is 1. The number of hydrogen-bond acceptors (Lipinski definition) is 2. The molecule has 0 heterocycles. The van der Waals surface area contributed by atoms with Gasteiger partial charge >= 0.3 is 0 Å². The van der Waals surface area contributed by atoms with Crippen molar-refractivity contribution in [2.45, 2.75) is 26.2 Å². The van der Waals surface area contributed by atoms with Crippen LogP contribution in [0, 0.1) is 12.8 Å². The molecule has 0 saturated carbocycles. The van der Waals surface area contributed by atoms with E-state index in [1.165, 1.54) is 4.90 Å². The molecule has 0 aromatic heterocycles. The fourth-order valence-electron chi connectivity index (χ4n) is 1.15. The average Bonchev–Trinajstić information content (AvgIpc) is 2.21. The summed E-state index contributed by atoms with van der Waals surface area (Å²) in [4.78, 5) is 24.1. The lowest BCUT2D eigenvalue weighted by Crippen LogP contribution is -2.30. The first-order chi connectivity index (χ1) is 6.99. The zero-order chi connectivity index (χ0) is 11.8. The summed E-state index contributed by atoms with van der Waals surface area (Å²) in [6, 6.07) is 0. The van der Waals surface area contributed by atoms with Gasteiger partial charge < -0.3 is 10.2 Å². The Hall–Kier alpha value is -1.06. The summed E-state index contributed by atoms with van der Waals surface area (Å²) in [5.41, 5.74) is 0. The Bertz CT molecular complexity index is 215. The Morgan fingerprint density at radius 3 is 2.47 bits per heavy atom. The quantitative estimate of drug-likeness (QED) is 0.710. The molecule has 1 unspecified atom stereocenters. The van der Waals surface area contributed by atoms with Crippen LogP contribution in [0.4, 0.5) is 0 Å². The maximum atomic E-state index is 11.4. The molecule has 2 amide bonds. The van der Waals surface area contributed by atoms with Crippen molar-refractivity contribution in [1.82, 2.24) is 10.2 Å². The number of rotatable bonds is 6. The number of carbonyl (C=O) groups is 2. The van der Waals surface area contributed by atoms with Crippen molar-refractivity contribution in [2.75, 3.05) is 20.6 Å². The molecule has 4 nitrogen and oxygen atoms in total. The predicted octanol–water partition coefficient (Wildman–Crippen LogP) is 0.831. The molecule has 0 aromatic carbocycles. The molecule has 0 aliphatic rings. The molecule has 0 rings (SSSR count). The number of carbonyl (C=O) groups excluding carboxylic acids is 2. The molecule has 1 radical (unpaired) electrons. The van der Waals surface area contributed by atoms with E-state index in [1.54, 1.807) is 14.1 Å². The number of amides is 2. The van der Waals surface area contributed by atoms with Crippen LogP contribution in [0.15, 0.2) is 0 Å². The average molecular weight is 213 g/mol. The van der Waals surface area contributed by atoms with Crippen LogP contribution >= 0.6 is 0 Å². The van der Waals surface area contributed by atoms with Crippen molar-refractivity contribution in [1.29, 1.82) is 0 Å². The second-order valence-electron chi connectivity index (χ2n) is 3.82. The molecule has 87 valence electrons. The monoisotopic (exact) mass is 213 g/mol. The van der Waals surface area contributed by atoms with E-state index in [0.29, 0.717) is 19.4 Å². The third-order valence-corrected chi connectivity index (χ3v) is 2.08. The smallest absolute Gasteiger partial charge is 0.225 e. The minimum absolute atomic E-state index is 0.00273. The maximum Gasteiger partial charge on any atom is 0.225 e. The Labute approximate surface area is 92.0 Å². The van der Waals surface area contributed by atoms with Gasteiger partial charge in [-0.05, 0) is 19.8 Å². The highest BCUT2D eigenvalue weighted by Gasteiger charge is 2.15. The van der Waals surface area contributed by atoms with E-state index in [9.17, 15) is 9.59 Å². The van der Waals surface area contributed by atoms with Crippen molar-refractivity contribution in [3.63, 3.8) is 0 Å². The van der Waals surface area contributed by atoms with Gasteiger partial charge in [-0.25, -0.2) is 0 Å². The van der Waals surface area contributed by atoms with Crippen LogP contribution in [-0.2, 0) is 9.59 Å². The number of hydrogen-bond donors (Lipinski definition) is 1. The second kappa shape index (κ2) is 7.26. The fraction of sp³-hybridized carbons (Fsp3) is 0.727. The topological polar surface area (TPSA) is 49.4 Å². The van der Waals surface area contributed by atoms with Gasteiger partial charge in [-0.15, -0.1) is 0 Å². The first-order valence-electron chi connectivity index (χ1n) is 5.30. The third-order valence-electron chi connectivity index (χ3n) is 2.08. The lowest BCUT2D eigenvalue weighted by Gasteiger charge is -2.16. The minimum atomic E-state index is -0.327. The SMILES string of the molecule is [CH2]C(CCC(=O)NCCC)C(=O)N(C)C. The summed E-state index contributed by atoms with van der Waals surface area (Å²) >= 11 is 0. The van der Waals surface area contributed by atoms with Gasteiger partial charge in [0.1, 0.15) is 0 Å². The summed E-state index contributed by atoms with van der Waals surface area (Å²) in [5, 5.41) is 2.76. The standard InChI is InChI=1S/C11H21N2O2/c1-5-8-12-10(14)7-6-9(2)11(15)13(3)4/h9H,2,5-8H2,1,3-4H3,(H,12,14). The van der Waals surface area contributed by atoms with Crippen LogP contribution in [0.3, 0.4) is 0 Å². The Morgan fingerprint density at radius 1 is 1.40 bits per heavy atom. The molecule has 0 aliphatic heterocycles. The Kier molecular flexibility index (Phi) is 6.75. The van der Waals surface area contributed by atoms with Gasteiger partial charge in [0.05, 0.1) is 0 Å². The maximum absolute atomic E-state index is 11.4. The van der Waals surface area contributed by atoms with Crippen LogP contribution in [0.2, 0.25) is 0 Å². The molecule has 15 heavy (non-hydrogen) atoms. The van der Waals surface area contributed by atoms with E-state index >= 15 is 0 Å². The first kappa shape index (κ1) is 13.9. The summed E-state index contributed by atoms with van der Waals surface area (Å²) in [5.74, 6) is -0.359. The van der Waals surface area contributed by atoms with Crippen LogP contribution < -0.4 is 5.32 Å². The molecule has 0 spiro atoms. The lowest BCUT2D eigenvalue weighted by atomic mass is 10.0. The Morgan fingerprint density at radius 2 is 2.00 bits per heavy atom. The lowest BCUT2D eigenvalue weighted by molar-refractivity contribution is -0.132. The largest absolute Gasteiger partial charge is 0.356 e. The van der Waals surface area contributed by atoms with Crippen molar-refractivity contribution >= 4 is 11.8 Å². The highest BCUT2D eigenvalue weighted by atomic mass is 16.2. The van der Waals surface area contributed by atoms with Gasteiger partial charge in [-0.3, -0.25) is 9.59 Å². The highest BCUT2D eigenvalue weighted by Crippen LogP contribution is 2.07. The van der Waals surface area contributed by atoms with Gasteiger partial charge in [0.2, 0.25) is 11.8 Å². The van der Waals surface area contributed by atoms with E-state index in [1.807, 2.05) is 6.92 Å². The van der Waals surface area contributed by atoms with E-state index in [2.05, 4.69) is 12.2 Å². The second-order valence-corrected chi connectivity index (χ2v) is 3.82. The summed E-state index contributed by atoms with van der Waals surface area (Å²) in [6.45, 7) is 6.44. The van der Waals surface area contributed by atoms with E-state index in [-0.39, 0.29) is 17.7 Å². The van der Waals surface area contributed by atoms with Crippen molar-refractivity contribution in [2.24, 2.45) is 5.92 Å². The van der Waals surface area contributed by atoms with Gasteiger partial charge in [0.25, 0.3) is 0 Å². The van der Waals surface area contributed by atoms with Crippen LogP contribution in [-0.4, -0.2) is 37.4 Å². The molecule has 1 N–H and O–H groups in total. The Balaban J connectivity index is 3.75. The van der Waals surface area contributed by atoms with Gasteiger partial charge in [0, 0.05) is 33.0 Å². The van der Waals surface area contributed by atoms with Crippen molar-refractivity contribution in [3.8, 4) is 0 Å². The zero-order valence-electron chi connectivity index (χ0n) is 9.88. The van der Waals surface area contributed by atoms with Gasteiger partial charge in [0.15, 0.2) is 0 Å². The van der Waals surface area contributed by atoms with Crippen LogP contribution in [0.5, 0.6) is 0 Å². The van der Waals surface area contributed by atoms with Crippen molar-refractivity contribution < 1.29 is 9.59 Å².